The average molecular weight is 1070 g/mol. The highest BCUT2D eigenvalue weighted by Gasteiger charge is 2.74. The van der Waals surface area contributed by atoms with Crippen LogP contribution >= 0.6 is 31.4 Å². The number of hydrogen-bond acceptors (Lipinski definition) is 5. The van der Waals surface area contributed by atoms with Crippen molar-refractivity contribution in [1.29, 1.82) is 0 Å². The van der Waals surface area contributed by atoms with Gasteiger partial charge in [0.2, 0.25) is 0 Å². The van der Waals surface area contributed by atoms with Crippen LogP contribution in [0.25, 0.3) is 65.4 Å². The monoisotopic (exact) mass is 1070 g/mol. The van der Waals surface area contributed by atoms with Gasteiger partial charge in [0.1, 0.15) is 0 Å². The standard InChI is InChI=1S/C68H70N5OPS2/c1-37-27-29-52-60(31-37)76-67-56(70-48-23-11-5-17-42(48)43-18-6-12-24-49(43)70)35-58-65-62(67)72(52)54-33-39(69-46-21-9-3-15-40(46)41-16-4-10-22-47(41)69)34-55-64(54)75(65)66-59(74-58)36-57(68-63(66)73(55)53-30-28-38(2)32-61(53)77-68)71-50-25-13-7-19-44(50)45-20-8-14-26-51(45)71/h3-26,37-39,52-68H,27-36H2,1-2H3. The molecular formula is C68H70N5OPS2. The number of para-hydroxylation sites is 6. The zero-order valence-corrected chi connectivity index (χ0v) is 46.9. The van der Waals surface area contributed by atoms with Crippen molar-refractivity contribution in [3.63, 3.8) is 0 Å². The quantitative estimate of drug-likeness (QED) is 0.165. The molecule has 5 aliphatic carbocycles. The lowest BCUT2D eigenvalue weighted by Crippen LogP contribution is -2.84. The van der Waals surface area contributed by atoms with E-state index < -0.39 is 7.92 Å². The molecule has 19 rings (SSSR count). The molecule has 6 aromatic carbocycles. The van der Waals surface area contributed by atoms with Gasteiger partial charge in [-0.3, -0.25) is 9.80 Å². The second kappa shape index (κ2) is 16.7. The summed E-state index contributed by atoms with van der Waals surface area (Å²) in [5.41, 5.74) is 10.6. The second-order valence-corrected chi connectivity index (χ2v) is 31.9. The lowest BCUT2D eigenvalue weighted by molar-refractivity contribution is -0.140. The number of benzene rings is 6. The van der Waals surface area contributed by atoms with Gasteiger partial charge in [0, 0.05) is 146 Å². The van der Waals surface area contributed by atoms with Crippen molar-refractivity contribution in [3.05, 3.63) is 146 Å². The molecule has 6 nitrogen and oxygen atoms in total. The molecule has 10 aliphatic rings. The first-order valence-electron chi connectivity index (χ1n) is 30.3. The fraction of sp³-hybridized carbons (Fsp3) is 0.471. The van der Waals surface area contributed by atoms with Crippen LogP contribution in [0, 0.1) is 11.8 Å². The molecule has 3 aromatic heterocycles. The lowest BCUT2D eigenvalue weighted by atomic mass is 9.73. The van der Waals surface area contributed by atoms with E-state index in [1.165, 1.54) is 117 Å². The number of rotatable bonds is 3. The molecular weight excluding hydrogens is 998 g/mol. The molecule has 10 fully saturated rings. The molecule has 5 saturated carbocycles. The van der Waals surface area contributed by atoms with Gasteiger partial charge in [-0.15, -0.1) is 23.5 Å². The van der Waals surface area contributed by atoms with Crippen LogP contribution in [0.2, 0.25) is 0 Å². The molecule has 0 amide bonds. The van der Waals surface area contributed by atoms with Crippen LogP contribution in [0.5, 0.6) is 0 Å². The zero-order chi connectivity index (χ0) is 50.1. The summed E-state index contributed by atoms with van der Waals surface area (Å²) in [6.07, 6.45) is 13.5. The van der Waals surface area contributed by atoms with Gasteiger partial charge in [0.25, 0.3) is 0 Å². The topological polar surface area (TPSA) is 30.5 Å². The van der Waals surface area contributed by atoms with Gasteiger partial charge in [-0.2, -0.15) is 0 Å². The normalized spacial score (nSPS) is 41.0. The van der Waals surface area contributed by atoms with Crippen LogP contribution in [0.1, 0.15) is 96.2 Å². The minimum absolute atomic E-state index is 0.258. The van der Waals surface area contributed by atoms with Crippen LogP contribution in [-0.4, -0.2) is 110 Å². The van der Waals surface area contributed by atoms with Crippen LogP contribution < -0.4 is 0 Å². The van der Waals surface area contributed by atoms with Crippen LogP contribution in [0.4, 0.5) is 0 Å². The van der Waals surface area contributed by atoms with Crippen molar-refractivity contribution in [2.75, 3.05) is 0 Å². The number of fused-ring (bicyclic) bond motifs is 15. The van der Waals surface area contributed by atoms with E-state index in [4.69, 9.17) is 4.74 Å². The maximum Gasteiger partial charge on any atom is 0.0682 e. The molecule has 0 radical (unpaired) electrons. The van der Waals surface area contributed by atoms with Crippen LogP contribution in [-0.2, 0) is 4.74 Å². The van der Waals surface area contributed by atoms with E-state index in [0.29, 0.717) is 92.4 Å². The van der Waals surface area contributed by atoms with Crippen LogP contribution in [0.3, 0.4) is 0 Å². The van der Waals surface area contributed by atoms with E-state index in [0.717, 1.165) is 24.7 Å². The Morgan fingerprint density at radius 1 is 0.377 bits per heavy atom. The molecule has 9 heteroatoms. The highest BCUT2D eigenvalue weighted by atomic mass is 32.2. The molecule has 18 atom stereocenters. The first-order chi connectivity index (χ1) is 38.0. The third-order valence-electron chi connectivity index (χ3n) is 22.8. The van der Waals surface area contributed by atoms with Crippen LogP contribution in [0.15, 0.2) is 146 Å². The second-order valence-electron chi connectivity index (χ2n) is 26.3. The summed E-state index contributed by atoms with van der Waals surface area (Å²) in [5.74, 6) is 1.56. The first-order valence-corrected chi connectivity index (χ1v) is 33.7. The average Bonchev–Trinajstić information content (AvgIpc) is 4.27. The maximum atomic E-state index is 8.44. The summed E-state index contributed by atoms with van der Waals surface area (Å²) in [4.78, 5) is 6.91. The minimum atomic E-state index is -0.401. The summed E-state index contributed by atoms with van der Waals surface area (Å²) in [6.45, 7) is 5.18. The van der Waals surface area contributed by atoms with E-state index >= 15 is 0 Å². The fourth-order valence-corrected chi connectivity index (χ4v) is 30.1. The van der Waals surface area contributed by atoms with E-state index in [-0.39, 0.29) is 12.2 Å². The molecule has 390 valence electrons. The van der Waals surface area contributed by atoms with Gasteiger partial charge in [-0.05, 0) is 112 Å². The Kier molecular flexibility index (Phi) is 9.84. The first kappa shape index (κ1) is 45.5. The summed E-state index contributed by atoms with van der Waals surface area (Å²) in [7, 11) is -0.401. The summed E-state index contributed by atoms with van der Waals surface area (Å²) >= 11 is 5.01. The van der Waals surface area contributed by atoms with Crippen molar-refractivity contribution in [1.82, 2.24) is 23.5 Å². The number of thioether (sulfide) groups is 2. The Hall–Kier alpha value is -4.27. The molecule has 0 bridgehead atoms. The minimum Gasteiger partial charge on any atom is -0.373 e. The third kappa shape index (κ3) is 6.07. The molecule has 9 aromatic rings. The van der Waals surface area contributed by atoms with Gasteiger partial charge in [-0.25, -0.2) is 0 Å². The van der Waals surface area contributed by atoms with Crippen molar-refractivity contribution < 1.29 is 4.74 Å². The molecule has 5 saturated heterocycles. The molecule has 5 aliphatic heterocycles. The van der Waals surface area contributed by atoms with E-state index in [2.05, 4.69) is 206 Å². The predicted octanol–water partition coefficient (Wildman–Crippen LogP) is 15.4. The van der Waals surface area contributed by atoms with Crippen molar-refractivity contribution in [2.24, 2.45) is 11.8 Å². The Balaban J connectivity index is 0.864. The highest BCUT2D eigenvalue weighted by Crippen LogP contribution is 2.77. The SMILES string of the molecule is CC1CCC2C(C1)SC1C3C4C(CC1n1c5ccccc5c5ccccc51)OC1CC(n5c6ccccc6c6ccccc65)C5SC6CC(C)CCC6N6C7CC(n8c9ccccc9c9ccccc98)CC(C7P4C1C56)N23. The van der Waals surface area contributed by atoms with Gasteiger partial charge in [-0.1, -0.05) is 131 Å². The predicted molar refractivity (Wildman–Crippen MR) is 324 cm³/mol. The van der Waals surface area contributed by atoms with Gasteiger partial charge in [0.05, 0.1) is 24.3 Å². The molecule has 0 spiro atoms. The molecule has 0 N–H and O–H groups in total. The van der Waals surface area contributed by atoms with E-state index in [1.54, 1.807) is 0 Å². The highest BCUT2D eigenvalue weighted by molar-refractivity contribution is 8.01. The Bertz CT molecular complexity index is 3530. The van der Waals surface area contributed by atoms with E-state index in [1.807, 2.05) is 0 Å². The number of aromatic nitrogens is 3. The Labute approximate surface area is 462 Å². The number of hydrogen-bond donors (Lipinski definition) is 0. The van der Waals surface area contributed by atoms with Crippen molar-refractivity contribution in [3.8, 4) is 0 Å². The van der Waals surface area contributed by atoms with Crippen molar-refractivity contribution in [2.45, 2.75) is 183 Å². The lowest BCUT2D eigenvalue weighted by Gasteiger charge is -2.77. The summed E-state index contributed by atoms with van der Waals surface area (Å²) < 4.78 is 17.2. The van der Waals surface area contributed by atoms with Gasteiger partial charge >= 0.3 is 0 Å². The summed E-state index contributed by atoms with van der Waals surface area (Å²) in [6, 6.07) is 61.5. The van der Waals surface area contributed by atoms with Crippen molar-refractivity contribution >= 4 is 96.9 Å². The summed E-state index contributed by atoms with van der Waals surface area (Å²) in [5, 5.41) is 10.9. The maximum absolute atomic E-state index is 8.44. The number of ether oxygens (including phenoxy) is 1. The Morgan fingerprint density at radius 3 is 1.10 bits per heavy atom. The Morgan fingerprint density at radius 2 is 0.727 bits per heavy atom. The molecule has 8 heterocycles. The van der Waals surface area contributed by atoms with E-state index in [9.17, 15) is 0 Å². The molecule has 18 unspecified atom stereocenters. The number of nitrogens with zero attached hydrogens (tertiary/aromatic N) is 5. The molecule has 77 heavy (non-hydrogen) atoms. The fourth-order valence-electron chi connectivity index (χ4n) is 20.4. The van der Waals surface area contributed by atoms with Gasteiger partial charge in [0.15, 0.2) is 0 Å². The smallest absolute Gasteiger partial charge is 0.0682 e. The largest absolute Gasteiger partial charge is 0.373 e. The third-order valence-corrected chi connectivity index (χ3v) is 30.4. The van der Waals surface area contributed by atoms with Gasteiger partial charge < -0.3 is 18.4 Å². The zero-order valence-electron chi connectivity index (χ0n) is 44.4.